The highest BCUT2D eigenvalue weighted by atomic mass is 19.1. The van der Waals surface area contributed by atoms with E-state index in [-0.39, 0.29) is 12.4 Å². The van der Waals surface area contributed by atoms with Crippen LogP contribution in [0.15, 0.2) is 0 Å². The molecule has 0 spiro atoms. The predicted octanol–water partition coefficient (Wildman–Crippen LogP) is -0.800. The van der Waals surface area contributed by atoms with Gasteiger partial charge in [-0.15, -0.1) is 0 Å². The van der Waals surface area contributed by atoms with Crippen LogP contribution in [0.4, 0.5) is 4.39 Å². The first-order valence-corrected chi connectivity index (χ1v) is 11.3. The van der Waals surface area contributed by atoms with Gasteiger partial charge in [0, 0.05) is 31.1 Å². The number of nitrogens with zero attached hydrogens (tertiary/aromatic N) is 1. The zero-order chi connectivity index (χ0) is 18.8. The van der Waals surface area contributed by atoms with Gasteiger partial charge in [0.15, 0.2) is 6.23 Å². The summed E-state index contributed by atoms with van der Waals surface area (Å²) in [7, 11) is 4.34. The maximum Gasteiger partial charge on any atom is 0.183 e. The van der Waals surface area contributed by atoms with Crippen LogP contribution in [0, 0.1) is 11.8 Å². The molecule has 0 bridgehead atoms. The maximum absolute atomic E-state index is 13.4. The van der Waals surface area contributed by atoms with Crippen molar-refractivity contribution in [3.05, 3.63) is 0 Å². The SMILES string of the molecule is CN(C)C1CCC(C2NOC([C@H]3CCC[NH+]3CC3CCC(F)CC3)N2)C[NH2+]1. The first-order chi connectivity index (χ1) is 13.1. The summed E-state index contributed by atoms with van der Waals surface area (Å²) in [6, 6.07) is 0.535. The number of alkyl halides is 1. The highest BCUT2D eigenvalue weighted by molar-refractivity contribution is 4.84. The van der Waals surface area contributed by atoms with Crippen LogP contribution in [0.1, 0.15) is 51.4 Å². The fourth-order valence-electron chi connectivity index (χ4n) is 5.80. The average molecular weight is 386 g/mol. The van der Waals surface area contributed by atoms with Crippen molar-refractivity contribution < 1.29 is 19.4 Å². The van der Waals surface area contributed by atoms with Gasteiger partial charge in [0.2, 0.25) is 0 Å². The molecule has 3 heterocycles. The van der Waals surface area contributed by atoms with Gasteiger partial charge in [-0.2, -0.15) is 5.48 Å². The Morgan fingerprint density at radius 2 is 1.93 bits per heavy atom. The summed E-state index contributed by atoms with van der Waals surface area (Å²) in [6.07, 6.45) is 9.16. The van der Waals surface area contributed by atoms with Crippen LogP contribution in [0.3, 0.4) is 0 Å². The van der Waals surface area contributed by atoms with Gasteiger partial charge in [0.25, 0.3) is 0 Å². The van der Waals surface area contributed by atoms with Gasteiger partial charge >= 0.3 is 0 Å². The number of likely N-dealkylation sites (tertiary alicyclic amines) is 1. The van der Waals surface area contributed by atoms with Gasteiger partial charge in [0.1, 0.15) is 18.4 Å². The molecule has 7 heteroatoms. The van der Waals surface area contributed by atoms with Crippen LogP contribution >= 0.6 is 0 Å². The lowest BCUT2D eigenvalue weighted by atomic mass is 9.87. The third-order valence-electron chi connectivity index (χ3n) is 7.57. The Hall–Kier alpha value is -0.310. The largest absolute Gasteiger partial charge is 0.331 e. The molecule has 3 aliphatic heterocycles. The first kappa shape index (κ1) is 20.0. The highest BCUT2D eigenvalue weighted by Crippen LogP contribution is 2.26. The van der Waals surface area contributed by atoms with E-state index in [1.165, 1.54) is 38.8 Å². The molecular formula is C20H40FN5O+2. The Balaban J connectivity index is 1.25. The zero-order valence-electron chi connectivity index (χ0n) is 17.1. The number of rotatable bonds is 5. The van der Waals surface area contributed by atoms with Crippen molar-refractivity contribution in [2.45, 2.75) is 82.1 Å². The quantitative estimate of drug-likeness (QED) is 0.501. The fraction of sp³-hybridized carbons (Fsp3) is 1.00. The molecule has 0 aromatic carbocycles. The predicted molar refractivity (Wildman–Crippen MR) is 102 cm³/mol. The minimum atomic E-state index is -0.546. The number of piperidine rings is 1. The normalized spacial score (nSPS) is 46.2. The lowest BCUT2D eigenvalue weighted by Gasteiger charge is -2.33. The summed E-state index contributed by atoms with van der Waals surface area (Å²) in [5.41, 5.74) is 3.32. The van der Waals surface area contributed by atoms with Crippen LogP contribution < -0.4 is 21.0 Å². The molecule has 4 aliphatic rings. The third kappa shape index (κ3) is 4.82. The van der Waals surface area contributed by atoms with Crippen LogP contribution in [0.25, 0.3) is 0 Å². The molecule has 0 aromatic rings. The molecule has 6 atom stereocenters. The van der Waals surface area contributed by atoms with Crippen molar-refractivity contribution in [3.63, 3.8) is 0 Å². The van der Waals surface area contributed by atoms with E-state index < -0.39 is 6.17 Å². The third-order valence-corrected chi connectivity index (χ3v) is 7.57. The molecule has 27 heavy (non-hydrogen) atoms. The molecule has 1 saturated carbocycles. The molecule has 0 radical (unpaired) electrons. The number of nitrogens with one attached hydrogen (secondary N) is 3. The van der Waals surface area contributed by atoms with Crippen molar-refractivity contribution in [2.75, 3.05) is 33.7 Å². The number of halogens is 1. The van der Waals surface area contributed by atoms with E-state index in [2.05, 4.69) is 35.1 Å². The summed E-state index contributed by atoms with van der Waals surface area (Å²) < 4.78 is 13.4. The van der Waals surface area contributed by atoms with E-state index in [0.717, 1.165) is 32.2 Å². The number of hydrogen-bond acceptors (Lipinski definition) is 4. The maximum atomic E-state index is 13.4. The Kier molecular flexibility index (Phi) is 6.67. The van der Waals surface area contributed by atoms with Gasteiger partial charge in [-0.25, -0.2) is 4.39 Å². The Labute approximate surface area is 163 Å². The molecule has 6 nitrogen and oxygen atoms in total. The molecule has 3 saturated heterocycles. The second-order valence-electron chi connectivity index (χ2n) is 9.62. The van der Waals surface area contributed by atoms with Crippen molar-refractivity contribution in [3.8, 4) is 0 Å². The van der Waals surface area contributed by atoms with Gasteiger partial charge in [-0.3, -0.25) is 15.1 Å². The van der Waals surface area contributed by atoms with Gasteiger partial charge < -0.3 is 10.2 Å². The van der Waals surface area contributed by atoms with Crippen LogP contribution in [-0.4, -0.2) is 69.4 Å². The van der Waals surface area contributed by atoms with E-state index in [9.17, 15) is 4.39 Å². The molecule has 1 aliphatic carbocycles. The van der Waals surface area contributed by atoms with Crippen LogP contribution in [0.2, 0.25) is 0 Å². The van der Waals surface area contributed by atoms with Gasteiger partial charge in [-0.1, -0.05) is 0 Å². The highest BCUT2D eigenvalue weighted by Gasteiger charge is 2.44. The molecule has 156 valence electrons. The summed E-state index contributed by atoms with van der Waals surface area (Å²) in [4.78, 5) is 10.0. The average Bonchev–Trinajstić information content (AvgIpc) is 3.33. The smallest absolute Gasteiger partial charge is 0.183 e. The second kappa shape index (κ2) is 9.01. The molecule has 4 rings (SSSR count). The number of nitrogens with two attached hydrogens (primary N) is 1. The van der Waals surface area contributed by atoms with Crippen molar-refractivity contribution in [1.29, 1.82) is 0 Å². The second-order valence-corrected chi connectivity index (χ2v) is 9.62. The minimum absolute atomic E-state index is 0.122. The molecule has 5 N–H and O–H groups in total. The van der Waals surface area contributed by atoms with Crippen LogP contribution in [0.5, 0.6) is 0 Å². The van der Waals surface area contributed by atoms with Gasteiger partial charge in [0.05, 0.1) is 25.8 Å². The standard InChI is InChI=1S/C20H38FN5O/c1-25(2)18-10-7-15(12-22-18)19-23-20(27-24-19)17-4-3-11-26(17)13-14-5-8-16(21)9-6-14/h14-20,22-24H,3-13H2,1-2H3/p+2/t14?,15?,16?,17-,18?,19?,20?/m1/s1. The first-order valence-electron chi connectivity index (χ1n) is 11.3. The fourth-order valence-corrected chi connectivity index (χ4v) is 5.80. The van der Waals surface area contributed by atoms with Crippen molar-refractivity contribution in [2.24, 2.45) is 11.8 Å². The summed E-state index contributed by atoms with van der Waals surface area (Å²) >= 11 is 0. The lowest BCUT2D eigenvalue weighted by molar-refractivity contribution is -0.919. The van der Waals surface area contributed by atoms with E-state index in [1.54, 1.807) is 4.90 Å². The Morgan fingerprint density at radius 3 is 2.63 bits per heavy atom. The van der Waals surface area contributed by atoms with Gasteiger partial charge in [-0.05, 0) is 46.2 Å². The number of hydrogen-bond donors (Lipinski definition) is 4. The molecule has 0 amide bonds. The molecule has 0 aromatic heterocycles. The molecule has 5 unspecified atom stereocenters. The van der Waals surface area contributed by atoms with E-state index in [4.69, 9.17) is 4.84 Å². The summed E-state index contributed by atoms with van der Waals surface area (Å²) in [6.45, 7) is 3.59. The Morgan fingerprint density at radius 1 is 1.11 bits per heavy atom. The molecule has 4 fully saturated rings. The summed E-state index contributed by atoms with van der Waals surface area (Å²) in [5.74, 6) is 1.32. The number of hydroxylamine groups is 1. The van der Waals surface area contributed by atoms with Crippen LogP contribution in [-0.2, 0) is 4.84 Å². The monoisotopic (exact) mass is 385 g/mol. The Bertz CT molecular complexity index is 465. The van der Waals surface area contributed by atoms with E-state index in [1.807, 2.05) is 0 Å². The molecular weight excluding hydrogens is 345 g/mol. The van der Waals surface area contributed by atoms with Crippen molar-refractivity contribution in [1.82, 2.24) is 15.7 Å². The van der Waals surface area contributed by atoms with Crippen molar-refractivity contribution >= 4 is 0 Å². The summed E-state index contributed by atoms with van der Waals surface area (Å²) in [5, 5.41) is 6.24. The minimum Gasteiger partial charge on any atom is -0.331 e. The number of quaternary nitrogens is 2. The lowest BCUT2D eigenvalue weighted by Crippen LogP contribution is -3.15. The zero-order valence-corrected chi connectivity index (χ0v) is 17.1. The topological polar surface area (TPSA) is 57.6 Å². The van der Waals surface area contributed by atoms with E-state index in [0.29, 0.717) is 24.0 Å². The van der Waals surface area contributed by atoms with E-state index >= 15 is 0 Å².